The van der Waals surface area contributed by atoms with Crippen LogP contribution >= 0.6 is 0 Å². The zero-order valence-corrected chi connectivity index (χ0v) is 12.7. The van der Waals surface area contributed by atoms with Crippen LogP contribution in [0.1, 0.15) is 19.4 Å². The maximum atomic E-state index is 13.0. The molecule has 0 amide bonds. The molecule has 1 rings (SSSR count). The second kappa shape index (κ2) is 6.93. The molecule has 9 heteroatoms. The van der Waals surface area contributed by atoms with E-state index >= 15 is 0 Å². The number of hydrogen-bond donors (Lipinski definition) is 2. The van der Waals surface area contributed by atoms with Crippen LogP contribution in [-0.2, 0) is 15.8 Å². The van der Waals surface area contributed by atoms with Gasteiger partial charge in [0.1, 0.15) is 5.82 Å². The summed E-state index contributed by atoms with van der Waals surface area (Å²) in [4.78, 5) is 0. The van der Waals surface area contributed by atoms with E-state index in [4.69, 9.17) is 0 Å². The predicted molar refractivity (Wildman–Crippen MR) is 72.8 cm³/mol. The van der Waals surface area contributed by atoms with Gasteiger partial charge in [-0.15, -0.1) is 0 Å². The normalized spacial score (nSPS) is 15.8. The fourth-order valence-electron chi connectivity index (χ4n) is 1.86. The minimum Gasteiger partial charge on any atom is -0.382 e. The van der Waals surface area contributed by atoms with Crippen LogP contribution in [0.5, 0.6) is 0 Å². The molecule has 0 saturated heterocycles. The van der Waals surface area contributed by atoms with Gasteiger partial charge in [-0.25, -0.2) is 17.5 Å². The summed E-state index contributed by atoms with van der Waals surface area (Å²) in [6.07, 6.45) is -7.77. The Balaban J connectivity index is 2.92. The van der Waals surface area contributed by atoms with Crippen molar-refractivity contribution in [3.05, 3.63) is 35.6 Å². The molecule has 0 radical (unpaired) electrons. The summed E-state index contributed by atoms with van der Waals surface area (Å²) in [5, 5.41) is 9.28. The standard InChI is InChI=1S/C13H17F4NO3S/c1-8(2)11(12(19)13(15,16)17)18-22(20,21)7-9-4-3-5-10(14)6-9/h3-6,8,11-12,18-19H,7H2,1-2H3/t11-,12-/m0/s1. The molecule has 4 nitrogen and oxygen atoms in total. The Hall–Kier alpha value is -1.19. The molecule has 0 aliphatic rings. The number of aliphatic hydroxyl groups excluding tert-OH is 1. The molecular weight excluding hydrogens is 326 g/mol. The van der Waals surface area contributed by atoms with Crippen LogP contribution in [0.25, 0.3) is 0 Å². The van der Waals surface area contributed by atoms with Crippen molar-refractivity contribution in [2.24, 2.45) is 5.92 Å². The zero-order valence-electron chi connectivity index (χ0n) is 11.9. The summed E-state index contributed by atoms with van der Waals surface area (Å²) in [6, 6.07) is 3.01. The van der Waals surface area contributed by atoms with Gasteiger partial charge in [-0.3, -0.25) is 0 Å². The van der Waals surface area contributed by atoms with Crippen molar-refractivity contribution >= 4 is 10.0 Å². The van der Waals surface area contributed by atoms with Crippen molar-refractivity contribution in [2.75, 3.05) is 0 Å². The summed E-state index contributed by atoms with van der Waals surface area (Å²) < 4.78 is 76.5. The van der Waals surface area contributed by atoms with Gasteiger partial charge >= 0.3 is 6.18 Å². The highest BCUT2D eigenvalue weighted by molar-refractivity contribution is 7.88. The van der Waals surface area contributed by atoms with Gasteiger partial charge in [-0.05, 0) is 23.6 Å². The first kappa shape index (κ1) is 18.9. The molecule has 2 atom stereocenters. The number of halogens is 4. The summed E-state index contributed by atoms with van der Waals surface area (Å²) in [7, 11) is -4.18. The maximum absolute atomic E-state index is 13.0. The van der Waals surface area contributed by atoms with E-state index in [1.807, 2.05) is 4.72 Å². The van der Waals surface area contributed by atoms with Crippen LogP contribution in [0.3, 0.4) is 0 Å². The van der Waals surface area contributed by atoms with E-state index in [0.717, 1.165) is 12.1 Å². The number of sulfonamides is 1. The first-order chi connectivity index (χ1) is 9.92. The van der Waals surface area contributed by atoms with Crippen LogP contribution in [0, 0.1) is 11.7 Å². The lowest BCUT2D eigenvalue weighted by molar-refractivity contribution is -0.213. The van der Waals surface area contributed by atoms with Gasteiger partial charge in [0.15, 0.2) is 6.10 Å². The lowest BCUT2D eigenvalue weighted by Gasteiger charge is -2.28. The Morgan fingerprint density at radius 1 is 1.27 bits per heavy atom. The molecule has 2 N–H and O–H groups in total. The van der Waals surface area contributed by atoms with Gasteiger partial charge in [-0.1, -0.05) is 26.0 Å². The maximum Gasteiger partial charge on any atom is 0.415 e. The Morgan fingerprint density at radius 2 is 1.86 bits per heavy atom. The Labute approximate surface area is 126 Å². The second-order valence-electron chi connectivity index (χ2n) is 5.26. The molecule has 0 aliphatic carbocycles. The van der Waals surface area contributed by atoms with Gasteiger partial charge in [0.2, 0.25) is 10.0 Å². The van der Waals surface area contributed by atoms with E-state index in [1.165, 1.54) is 26.0 Å². The number of hydrogen-bond acceptors (Lipinski definition) is 3. The molecule has 0 aromatic heterocycles. The van der Waals surface area contributed by atoms with Crippen LogP contribution in [0.15, 0.2) is 24.3 Å². The monoisotopic (exact) mass is 343 g/mol. The molecule has 0 fully saturated rings. The minimum atomic E-state index is -4.95. The van der Waals surface area contributed by atoms with E-state index in [-0.39, 0.29) is 5.56 Å². The third kappa shape index (κ3) is 5.54. The second-order valence-corrected chi connectivity index (χ2v) is 7.02. The lowest BCUT2D eigenvalue weighted by atomic mass is 9.99. The highest BCUT2D eigenvalue weighted by Gasteiger charge is 2.45. The van der Waals surface area contributed by atoms with E-state index in [9.17, 15) is 31.1 Å². The summed E-state index contributed by atoms with van der Waals surface area (Å²) in [5.41, 5.74) is 0.0940. The van der Waals surface area contributed by atoms with E-state index in [1.54, 1.807) is 0 Å². The Kier molecular flexibility index (Phi) is 5.94. The van der Waals surface area contributed by atoms with Gasteiger partial charge < -0.3 is 5.11 Å². The van der Waals surface area contributed by atoms with E-state index < -0.39 is 45.8 Å². The molecule has 1 aromatic carbocycles. The number of nitrogens with one attached hydrogen (secondary N) is 1. The van der Waals surface area contributed by atoms with Crippen LogP contribution in [-0.4, -0.2) is 31.8 Å². The largest absolute Gasteiger partial charge is 0.415 e. The molecule has 0 unspecified atom stereocenters. The first-order valence-corrected chi connectivity index (χ1v) is 8.07. The van der Waals surface area contributed by atoms with Crippen molar-refractivity contribution in [3.8, 4) is 0 Å². The van der Waals surface area contributed by atoms with Crippen molar-refractivity contribution in [1.29, 1.82) is 0 Å². The average Bonchev–Trinajstić information content (AvgIpc) is 2.33. The van der Waals surface area contributed by atoms with Gasteiger partial charge in [-0.2, -0.15) is 13.2 Å². The van der Waals surface area contributed by atoms with Crippen molar-refractivity contribution in [1.82, 2.24) is 4.72 Å². The van der Waals surface area contributed by atoms with Gasteiger partial charge in [0, 0.05) is 0 Å². The topological polar surface area (TPSA) is 66.4 Å². The van der Waals surface area contributed by atoms with Crippen LogP contribution in [0.2, 0.25) is 0 Å². The quantitative estimate of drug-likeness (QED) is 0.778. The van der Waals surface area contributed by atoms with Crippen molar-refractivity contribution < 1.29 is 31.1 Å². The molecule has 0 aliphatic heterocycles. The lowest BCUT2D eigenvalue weighted by Crippen LogP contribution is -2.52. The predicted octanol–water partition coefficient (Wildman–Crippen LogP) is 2.19. The van der Waals surface area contributed by atoms with Gasteiger partial charge in [0.25, 0.3) is 0 Å². The SMILES string of the molecule is CC(C)[C@H](NS(=O)(=O)Cc1cccc(F)c1)[C@H](O)C(F)(F)F. The van der Waals surface area contributed by atoms with Crippen molar-refractivity contribution in [2.45, 2.75) is 37.9 Å². The zero-order chi connectivity index (χ0) is 17.1. The Bertz CT molecular complexity index is 602. The summed E-state index contributed by atoms with van der Waals surface area (Å²) in [5.74, 6) is -2.12. The number of alkyl halides is 3. The van der Waals surface area contributed by atoms with E-state index in [0.29, 0.717) is 0 Å². The third-order valence-corrected chi connectivity index (χ3v) is 4.30. The van der Waals surface area contributed by atoms with Crippen LogP contribution < -0.4 is 4.72 Å². The molecule has 0 heterocycles. The molecule has 1 aromatic rings. The number of rotatable bonds is 6. The molecule has 22 heavy (non-hydrogen) atoms. The molecule has 126 valence electrons. The third-order valence-electron chi connectivity index (χ3n) is 2.96. The highest BCUT2D eigenvalue weighted by Crippen LogP contribution is 2.26. The summed E-state index contributed by atoms with van der Waals surface area (Å²) >= 11 is 0. The number of benzene rings is 1. The average molecular weight is 343 g/mol. The molecule has 0 spiro atoms. The minimum absolute atomic E-state index is 0.0940. The molecular formula is C13H17F4NO3S. The van der Waals surface area contributed by atoms with Crippen molar-refractivity contribution in [3.63, 3.8) is 0 Å². The van der Waals surface area contributed by atoms with Crippen LogP contribution in [0.4, 0.5) is 17.6 Å². The van der Waals surface area contributed by atoms with E-state index in [2.05, 4.69) is 0 Å². The summed E-state index contributed by atoms with van der Waals surface area (Å²) in [6.45, 7) is 2.70. The molecule has 0 saturated carbocycles. The fraction of sp³-hybridized carbons (Fsp3) is 0.538. The first-order valence-electron chi connectivity index (χ1n) is 6.41. The smallest absolute Gasteiger partial charge is 0.382 e. The van der Waals surface area contributed by atoms with Gasteiger partial charge in [0.05, 0.1) is 11.8 Å². The number of aliphatic hydroxyl groups is 1. The Morgan fingerprint density at radius 3 is 2.32 bits per heavy atom. The molecule has 0 bridgehead atoms. The highest BCUT2D eigenvalue weighted by atomic mass is 32.2. The fourth-order valence-corrected chi connectivity index (χ4v) is 3.38.